The number of hydrogen-bond acceptors (Lipinski definition) is 3. The lowest BCUT2D eigenvalue weighted by molar-refractivity contribution is 1.52. The maximum Gasteiger partial charge on any atom is 0.210 e. The molecule has 0 amide bonds. The van der Waals surface area contributed by atoms with E-state index >= 15 is 0 Å². The molecule has 1 N–H and O–H groups in total. The van der Waals surface area contributed by atoms with Gasteiger partial charge in [0.15, 0.2) is 10.9 Å². The Morgan fingerprint density at radius 3 is 1.55 bits per heavy atom. The summed E-state index contributed by atoms with van der Waals surface area (Å²) in [6.07, 6.45) is 0. The molecule has 0 bridgehead atoms. The minimum absolute atomic E-state index is 0.183. The standard InChI is InChI=1S/C27H15NO3/c29-25-17-13-7-8-14-18(17)26(30)24-22(25)21-23(28-24)19(15-9-3-1-4-10-15)20(27(21)31)16-11-5-2-6-12-16/h1-14,28H. The van der Waals surface area contributed by atoms with Gasteiger partial charge in [-0.1, -0.05) is 84.9 Å². The van der Waals surface area contributed by atoms with Gasteiger partial charge in [-0.25, -0.2) is 0 Å². The molecule has 4 nitrogen and oxygen atoms in total. The van der Waals surface area contributed by atoms with Gasteiger partial charge in [0, 0.05) is 21.9 Å². The molecule has 5 aromatic carbocycles. The highest BCUT2D eigenvalue weighted by Crippen LogP contribution is 2.38. The first-order valence-corrected chi connectivity index (χ1v) is 10.0. The van der Waals surface area contributed by atoms with Gasteiger partial charge in [0.05, 0.1) is 21.8 Å². The molecular weight excluding hydrogens is 386 g/mol. The minimum Gasteiger partial charge on any atom is -0.351 e. The molecule has 4 heteroatoms. The molecule has 31 heavy (non-hydrogen) atoms. The first-order chi connectivity index (χ1) is 15.2. The number of benzene rings is 4. The zero-order valence-electron chi connectivity index (χ0n) is 16.3. The average Bonchev–Trinajstić information content (AvgIpc) is 3.34. The first-order valence-electron chi connectivity index (χ1n) is 10.0. The van der Waals surface area contributed by atoms with Crippen LogP contribution in [0.3, 0.4) is 0 Å². The molecule has 0 atom stereocenters. The number of H-pyrrole nitrogens is 1. The molecule has 146 valence electrons. The Kier molecular flexibility index (Phi) is 3.59. The normalized spacial score (nSPS) is 11.6. The summed E-state index contributed by atoms with van der Waals surface area (Å²) in [5, 5.41) is 1.17. The maximum absolute atomic E-state index is 13.7. The van der Waals surface area contributed by atoms with Crippen molar-refractivity contribution in [2.75, 3.05) is 0 Å². The summed E-state index contributed by atoms with van der Waals surface area (Å²) in [6.45, 7) is 0. The highest BCUT2D eigenvalue weighted by molar-refractivity contribution is 6.19. The van der Waals surface area contributed by atoms with Crippen molar-refractivity contribution in [1.29, 1.82) is 0 Å². The first kappa shape index (κ1) is 17.5. The Morgan fingerprint density at radius 1 is 0.452 bits per heavy atom. The van der Waals surface area contributed by atoms with Crippen molar-refractivity contribution in [2.45, 2.75) is 0 Å². The predicted molar refractivity (Wildman–Crippen MR) is 125 cm³/mol. The lowest BCUT2D eigenvalue weighted by atomic mass is 9.98. The zero-order valence-corrected chi connectivity index (χ0v) is 16.3. The molecule has 6 rings (SSSR count). The van der Waals surface area contributed by atoms with Crippen LogP contribution in [0.1, 0.15) is 0 Å². The van der Waals surface area contributed by atoms with E-state index in [0.29, 0.717) is 32.8 Å². The van der Waals surface area contributed by atoms with E-state index < -0.39 is 0 Å². The SMILES string of the molecule is O=c1c2ccccc2c(=O)c2c1[nH]c1c(-c3ccccc3)c(-c3ccccc3)c(=O)c12. The fourth-order valence-electron chi connectivity index (χ4n) is 4.60. The van der Waals surface area contributed by atoms with Gasteiger partial charge in [0.25, 0.3) is 0 Å². The van der Waals surface area contributed by atoms with Crippen molar-refractivity contribution < 1.29 is 0 Å². The van der Waals surface area contributed by atoms with Gasteiger partial charge in [-0.3, -0.25) is 14.4 Å². The molecule has 0 saturated heterocycles. The van der Waals surface area contributed by atoms with Gasteiger partial charge >= 0.3 is 0 Å². The summed E-state index contributed by atoms with van der Waals surface area (Å²) >= 11 is 0. The molecule has 0 saturated carbocycles. The number of aromatic amines is 1. The van der Waals surface area contributed by atoms with Gasteiger partial charge in [0.2, 0.25) is 5.43 Å². The van der Waals surface area contributed by atoms with E-state index in [0.717, 1.165) is 11.1 Å². The van der Waals surface area contributed by atoms with Gasteiger partial charge < -0.3 is 4.98 Å². The summed E-state index contributed by atoms with van der Waals surface area (Å²) in [7, 11) is 0. The van der Waals surface area contributed by atoms with Crippen LogP contribution in [0.4, 0.5) is 0 Å². The molecule has 6 aromatic rings. The number of fused-ring (bicyclic) bond motifs is 4. The Labute approximate surface area is 175 Å². The summed E-state index contributed by atoms with van der Waals surface area (Å²) in [6, 6.07) is 25.8. The van der Waals surface area contributed by atoms with Crippen molar-refractivity contribution in [2.24, 2.45) is 0 Å². The van der Waals surface area contributed by atoms with E-state index in [4.69, 9.17) is 0 Å². The monoisotopic (exact) mass is 401 g/mol. The highest BCUT2D eigenvalue weighted by atomic mass is 16.1. The summed E-state index contributed by atoms with van der Waals surface area (Å²) in [5.41, 5.74) is 2.82. The fraction of sp³-hybridized carbons (Fsp3) is 0. The van der Waals surface area contributed by atoms with E-state index in [1.807, 2.05) is 60.7 Å². The third-order valence-electron chi connectivity index (χ3n) is 5.95. The Bertz CT molecular complexity index is 1770. The quantitative estimate of drug-likeness (QED) is 0.455. The summed E-state index contributed by atoms with van der Waals surface area (Å²) in [5.74, 6) is 0. The van der Waals surface area contributed by atoms with Crippen LogP contribution in [0.15, 0.2) is 99.3 Å². The van der Waals surface area contributed by atoms with Crippen LogP contribution in [-0.2, 0) is 0 Å². The fourth-order valence-corrected chi connectivity index (χ4v) is 4.60. The molecule has 0 aliphatic carbocycles. The van der Waals surface area contributed by atoms with E-state index in [9.17, 15) is 14.4 Å². The van der Waals surface area contributed by atoms with E-state index in [2.05, 4.69) is 4.98 Å². The second kappa shape index (κ2) is 6.34. The molecule has 0 fully saturated rings. The number of rotatable bonds is 2. The Morgan fingerprint density at radius 2 is 0.935 bits per heavy atom. The molecule has 0 unspecified atom stereocenters. The second-order valence-corrected chi connectivity index (χ2v) is 7.64. The third-order valence-corrected chi connectivity index (χ3v) is 5.95. The van der Waals surface area contributed by atoms with Crippen molar-refractivity contribution >= 4 is 32.6 Å². The van der Waals surface area contributed by atoms with Crippen LogP contribution in [0.5, 0.6) is 0 Å². The largest absolute Gasteiger partial charge is 0.351 e. The van der Waals surface area contributed by atoms with Gasteiger partial charge in [0.1, 0.15) is 0 Å². The number of aromatic nitrogens is 1. The van der Waals surface area contributed by atoms with Crippen molar-refractivity contribution in [1.82, 2.24) is 4.98 Å². The smallest absolute Gasteiger partial charge is 0.210 e. The van der Waals surface area contributed by atoms with Crippen LogP contribution in [0, 0.1) is 0 Å². The summed E-state index contributed by atoms with van der Waals surface area (Å²) < 4.78 is 0. The summed E-state index contributed by atoms with van der Waals surface area (Å²) in [4.78, 5) is 43.4. The topological polar surface area (TPSA) is 67.0 Å². The zero-order chi connectivity index (χ0) is 21.1. The lowest BCUT2D eigenvalue weighted by Gasteiger charge is -2.05. The van der Waals surface area contributed by atoms with Crippen LogP contribution in [-0.4, -0.2) is 4.98 Å². The maximum atomic E-state index is 13.7. The molecular formula is C27H15NO3. The van der Waals surface area contributed by atoms with Crippen molar-refractivity contribution in [3.05, 3.63) is 116 Å². The van der Waals surface area contributed by atoms with Gasteiger partial charge in [-0.05, 0) is 11.1 Å². The van der Waals surface area contributed by atoms with E-state index in [1.54, 1.807) is 24.3 Å². The number of nitrogens with one attached hydrogen (secondary N) is 1. The van der Waals surface area contributed by atoms with Crippen molar-refractivity contribution in [3.8, 4) is 22.3 Å². The molecule has 0 aliphatic rings. The Balaban J connectivity index is 1.89. The average molecular weight is 401 g/mol. The number of hydrogen-bond donors (Lipinski definition) is 1. The minimum atomic E-state index is -0.294. The van der Waals surface area contributed by atoms with Crippen LogP contribution in [0.25, 0.3) is 54.8 Å². The van der Waals surface area contributed by atoms with Crippen LogP contribution in [0.2, 0.25) is 0 Å². The predicted octanol–water partition coefficient (Wildman–Crippen LogP) is 4.76. The van der Waals surface area contributed by atoms with Gasteiger partial charge in [-0.2, -0.15) is 0 Å². The molecule has 0 radical (unpaired) electrons. The lowest BCUT2D eigenvalue weighted by Crippen LogP contribution is -2.13. The molecule has 0 aliphatic heterocycles. The van der Waals surface area contributed by atoms with Crippen LogP contribution < -0.4 is 16.3 Å². The molecule has 0 spiro atoms. The third kappa shape index (κ3) is 2.33. The molecule has 1 heterocycles. The molecule has 1 aromatic heterocycles. The Hall–Kier alpha value is -4.31. The van der Waals surface area contributed by atoms with E-state index in [1.165, 1.54) is 0 Å². The highest BCUT2D eigenvalue weighted by Gasteiger charge is 2.26. The van der Waals surface area contributed by atoms with Gasteiger partial charge in [-0.15, -0.1) is 0 Å². The van der Waals surface area contributed by atoms with Crippen LogP contribution >= 0.6 is 0 Å². The van der Waals surface area contributed by atoms with E-state index in [-0.39, 0.29) is 27.2 Å². The van der Waals surface area contributed by atoms with Crippen molar-refractivity contribution in [3.63, 3.8) is 0 Å². The second-order valence-electron chi connectivity index (χ2n) is 7.64.